The largest absolute Gasteiger partial charge is 0.481 e. The Labute approximate surface area is 159 Å². The molecule has 1 saturated heterocycles. The molecule has 1 amide bonds. The summed E-state index contributed by atoms with van der Waals surface area (Å²) in [5, 5.41) is 20.3. The molecule has 1 aliphatic heterocycles. The quantitative estimate of drug-likeness (QED) is 0.837. The molecule has 1 fully saturated rings. The van der Waals surface area contributed by atoms with Gasteiger partial charge in [0.2, 0.25) is 0 Å². The minimum atomic E-state index is -1.75. The lowest BCUT2D eigenvalue weighted by molar-refractivity contribution is -0.161. The van der Waals surface area contributed by atoms with Crippen LogP contribution in [0.1, 0.15) is 22.3 Å². The zero-order valence-corrected chi connectivity index (χ0v) is 14.7. The molecule has 0 unspecified atom stereocenters. The number of likely N-dealkylation sites (tertiary alicyclic amines) is 1. The van der Waals surface area contributed by atoms with Gasteiger partial charge in [0, 0.05) is 18.7 Å². The molecule has 0 aromatic heterocycles. The smallest absolute Gasteiger partial charge is 0.314 e. The van der Waals surface area contributed by atoms with E-state index in [-0.39, 0.29) is 31.5 Å². The average Bonchev–Trinajstić information content (AvgIpc) is 2.65. The van der Waals surface area contributed by atoms with E-state index in [0.717, 1.165) is 18.2 Å². The highest BCUT2D eigenvalue weighted by Crippen LogP contribution is 2.35. The first-order valence-electron chi connectivity index (χ1n) is 8.63. The lowest BCUT2D eigenvalue weighted by Crippen LogP contribution is -2.58. The third kappa shape index (κ3) is 3.73. The second kappa shape index (κ2) is 7.63. The van der Waals surface area contributed by atoms with Crippen molar-refractivity contribution in [3.05, 3.63) is 71.0 Å². The van der Waals surface area contributed by atoms with E-state index in [4.69, 9.17) is 0 Å². The Morgan fingerprint density at radius 1 is 1.11 bits per heavy atom. The fourth-order valence-corrected chi connectivity index (χ4v) is 3.54. The number of carboxylic acid groups (broad SMARTS) is 1. The molecule has 0 spiro atoms. The summed E-state index contributed by atoms with van der Waals surface area (Å²) in [5.74, 6) is -4.83. The molecule has 0 bridgehead atoms. The van der Waals surface area contributed by atoms with Gasteiger partial charge in [-0.1, -0.05) is 12.1 Å². The van der Waals surface area contributed by atoms with Crippen LogP contribution in [0.3, 0.4) is 0 Å². The maximum atomic E-state index is 13.5. The molecular weight excluding hydrogens is 375 g/mol. The van der Waals surface area contributed by atoms with E-state index in [9.17, 15) is 33.0 Å². The van der Waals surface area contributed by atoms with Gasteiger partial charge >= 0.3 is 5.97 Å². The van der Waals surface area contributed by atoms with E-state index in [1.165, 1.54) is 29.2 Å². The molecule has 8 heteroatoms. The highest BCUT2D eigenvalue weighted by molar-refractivity contribution is 5.94. The van der Waals surface area contributed by atoms with E-state index in [1.807, 2.05) is 0 Å². The molecular formula is C20H18F3NO4. The van der Waals surface area contributed by atoms with Crippen LogP contribution in [0.2, 0.25) is 0 Å². The predicted octanol–water partition coefficient (Wildman–Crippen LogP) is 2.62. The number of carboxylic acids is 1. The standard InChI is InChI=1S/C20H18F3NO4/c21-14-3-1-2-12(8-14)10-20(19(27)28)11-24(7-6-17(20)25)18(26)13-4-5-15(22)16(23)9-13/h1-5,8-9,17,25H,6-7,10-11H2,(H,27,28)/t17-,20+/m0/s1. The molecule has 0 aliphatic carbocycles. The lowest BCUT2D eigenvalue weighted by atomic mass is 9.72. The Hall–Kier alpha value is -2.87. The number of carbonyl (C=O) groups excluding carboxylic acids is 1. The van der Waals surface area contributed by atoms with Crippen molar-refractivity contribution in [3.8, 4) is 0 Å². The van der Waals surface area contributed by atoms with Crippen molar-refractivity contribution in [2.45, 2.75) is 18.9 Å². The van der Waals surface area contributed by atoms with Crippen molar-refractivity contribution in [1.82, 2.24) is 4.90 Å². The number of aliphatic carboxylic acids is 1. The van der Waals surface area contributed by atoms with Crippen LogP contribution in [0.4, 0.5) is 13.2 Å². The molecule has 28 heavy (non-hydrogen) atoms. The Morgan fingerprint density at radius 3 is 2.50 bits per heavy atom. The zero-order valence-electron chi connectivity index (χ0n) is 14.7. The van der Waals surface area contributed by atoms with Crippen molar-refractivity contribution in [1.29, 1.82) is 0 Å². The minimum absolute atomic E-state index is 0.0168. The van der Waals surface area contributed by atoms with E-state index < -0.39 is 40.8 Å². The van der Waals surface area contributed by atoms with Gasteiger partial charge in [0.15, 0.2) is 11.6 Å². The van der Waals surface area contributed by atoms with E-state index in [2.05, 4.69) is 0 Å². The van der Waals surface area contributed by atoms with Crippen LogP contribution in [-0.4, -0.2) is 46.2 Å². The summed E-state index contributed by atoms with van der Waals surface area (Å²) in [6, 6.07) is 8.04. The normalized spacial score (nSPS) is 22.1. The molecule has 148 valence electrons. The molecule has 0 radical (unpaired) electrons. The molecule has 3 rings (SSSR count). The Bertz CT molecular complexity index is 920. The van der Waals surface area contributed by atoms with Crippen molar-refractivity contribution >= 4 is 11.9 Å². The van der Waals surface area contributed by atoms with Crippen LogP contribution < -0.4 is 0 Å². The van der Waals surface area contributed by atoms with Crippen LogP contribution >= 0.6 is 0 Å². The van der Waals surface area contributed by atoms with Crippen molar-refractivity contribution in [3.63, 3.8) is 0 Å². The van der Waals surface area contributed by atoms with Crippen LogP contribution in [0, 0.1) is 22.9 Å². The highest BCUT2D eigenvalue weighted by Gasteiger charge is 2.50. The third-order valence-corrected chi connectivity index (χ3v) is 5.07. The molecule has 2 atom stereocenters. The van der Waals surface area contributed by atoms with Crippen molar-refractivity contribution < 1.29 is 33.0 Å². The van der Waals surface area contributed by atoms with Crippen LogP contribution in [0.15, 0.2) is 42.5 Å². The summed E-state index contributed by atoms with van der Waals surface area (Å²) in [7, 11) is 0. The van der Waals surface area contributed by atoms with Gasteiger partial charge in [-0.2, -0.15) is 0 Å². The van der Waals surface area contributed by atoms with E-state index in [1.54, 1.807) is 0 Å². The van der Waals surface area contributed by atoms with Gasteiger partial charge in [-0.25, -0.2) is 13.2 Å². The summed E-state index contributed by atoms with van der Waals surface area (Å²) in [6.07, 6.45) is -1.47. The Balaban J connectivity index is 1.91. The molecule has 2 N–H and O–H groups in total. The number of carbonyl (C=O) groups is 2. The number of piperidine rings is 1. The van der Waals surface area contributed by atoms with Crippen LogP contribution in [0.5, 0.6) is 0 Å². The first-order valence-corrected chi connectivity index (χ1v) is 8.63. The number of benzene rings is 2. The zero-order chi connectivity index (χ0) is 20.5. The molecule has 1 heterocycles. The molecule has 2 aromatic rings. The van der Waals surface area contributed by atoms with E-state index >= 15 is 0 Å². The lowest BCUT2D eigenvalue weighted by Gasteiger charge is -2.43. The fourth-order valence-electron chi connectivity index (χ4n) is 3.54. The summed E-state index contributed by atoms with van der Waals surface area (Å²) in [5.41, 5.74) is -1.51. The third-order valence-electron chi connectivity index (χ3n) is 5.07. The van der Waals surface area contributed by atoms with Gasteiger partial charge in [-0.3, -0.25) is 9.59 Å². The number of halogens is 3. The summed E-state index contributed by atoms with van der Waals surface area (Å²) < 4.78 is 40.1. The average molecular weight is 393 g/mol. The molecule has 2 aromatic carbocycles. The number of amides is 1. The number of hydrogen-bond donors (Lipinski definition) is 2. The Morgan fingerprint density at radius 2 is 1.86 bits per heavy atom. The van der Waals surface area contributed by atoms with Gasteiger partial charge < -0.3 is 15.1 Å². The summed E-state index contributed by atoms with van der Waals surface area (Å²) in [6.45, 7) is -0.297. The van der Waals surface area contributed by atoms with Crippen LogP contribution in [0.25, 0.3) is 0 Å². The van der Waals surface area contributed by atoms with Crippen molar-refractivity contribution in [2.75, 3.05) is 13.1 Å². The van der Waals surface area contributed by atoms with Gasteiger partial charge in [0.1, 0.15) is 11.2 Å². The SMILES string of the molecule is O=C(c1ccc(F)c(F)c1)N1CC[C@H](O)[C@](Cc2cccc(F)c2)(C(=O)O)C1. The van der Waals surface area contributed by atoms with Gasteiger partial charge in [-0.15, -0.1) is 0 Å². The van der Waals surface area contributed by atoms with Gasteiger partial charge in [0.25, 0.3) is 5.91 Å². The topological polar surface area (TPSA) is 77.8 Å². The van der Waals surface area contributed by atoms with Gasteiger partial charge in [0.05, 0.1) is 6.10 Å². The molecule has 1 aliphatic rings. The number of aliphatic hydroxyl groups excluding tert-OH is 1. The first-order chi connectivity index (χ1) is 13.2. The fraction of sp³-hybridized carbons (Fsp3) is 0.300. The molecule has 5 nitrogen and oxygen atoms in total. The predicted molar refractivity (Wildman–Crippen MR) is 93.1 cm³/mol. The number of rotatable bonds is 4. The number of hydrogen-bond acceptors (Lipinski definition) is 3. The monoisotopic (exact) mass is 393 g/mol. The number of nitrogens with zero attached hydrogens (tertiary/aromatic N) is 1. The van der Waals surface area contributed by atoms with Gasteiger partial charge in [-0.05, 0) is 48.7 Å². The van der Waals surface area contributed by atoms with Crippen LogP contribution in [-0.2, 0) is 11.2 Å². The Kier molecular flexibility index (Phi) is 5.42. The first kappa shape index (κ1) is 19.9. The highest BCUT2D eigenvalue weighted by atomic mass is 19.2. The second-order valence-electron chi connectivity index (χ2n) is 6.93. The maximum absolute atomic E-state index is 13.5. The minimum Gasteiger partial charge on any atom is -0.481 e. The van der Waals surface area contributed by atoms with Crippen molar-refractivity contribution in [2.24, 2.45) is 5.41 Å². The molecule has 0 saturated carbocycles. The number of aliphatic hydroxyl groups is 1. The second-order valence-corrected chi connectivity index (χ2v) is 6.93. The maximum Gasteiger partial charge on any atom is 0.314 e. The van der Waals surface area contributed by atoms with E-state index in [0.29, 0.717) is 5.56 Å². The summed E-state index contributed by atoms with van der Waals surface area (Å²) in [4.78, 5) is 26.0. The summed E-state index contributed by atoms with van der Waals surface area (Å²) >= 11 is 0.